The lowest BCUT2D eigenvalue weighted by Gasteiger charge is -2.65. The molecule has 3 aliphatic carbocycles. The maximum absolute atomic E-state index is 14.3. The number of carbonyl (C=O) groups excluding carboxylic acids is 5. The van der Waals surface area contributed by atoms with Crippen LogP contribution in [0.15, 0.2) is 71.8 Å². The Morgan fingerprint density at radius 3 is 1.77 bits per heavy atom. The minimum Gasteiger partial charge on any atom is -0.462 e. The summed E-state index contributed by atoms with van der Waals surface area (Å²) in [4.78, 5) is 66.9. The third-order valence-corrected chi connectivity index (χ3v) is 11.8. The highest BCUT2D eigenvalue weighted by Gasteiger charge is 2.80. The standard InChI is InChI=1S/C40H46O13/c1-21-27(49-22(2)41)19-39(37(5,6)47)30(21)31(44)33(51-35(45)25-14-10-8-11-15-25)38(7)28(50-23(3)42)18-29-40(20-48-29,53-24(4)43)32(38)34(39)52-36(46)26-16-12-9-13-17-26/h8-17,27-29,31-34,44,47H,18-20H2,1-7H3/t27-,28+,29+,31+,32+,33-,34+,38+,39-,40-/m0/s1. The molecule has 284 valence electrons. The Labute approximate surface area is 307 Å². The average Bonchev–Trinajstić information content (AvgIpc) is 3.35. The highest BCUT2D eigenvalue weighted by atomic mass is 16.6. The fraction of sp³-hybridized carbons (Fsp3) is 0.525. The first-order valence-corrected chi connectivity index (χ1v) is 17.7. The fourth-order valence-corrected chi connectivity index (χ4v) is 9.60. The van der Waals surface area contributed by atoms with Crippen LogP contribution in [-0.4, -0.2) is 94.5 Å². The summed E-state index contributed by atoms with van der Waals surface area (Å²) in [6.07, 6.45) is -8.24. The average molecular weight is 735 g/mol. The van der Waals surface area contributed by atoms with Crippen LogP contribution in [0.5, 0.6) is 0 Å². The van der Waals surface area contributed by atoms with Crippen LogP contribution in [0.2, 0.25) is 0 Å². The van der Waals surface area contributed by atoms with Gasteiger partial charge in [0.1, 0.15) is 36.6 Å². The Hall–Kier alpha value is -4.59. The Morgan fingerprint density at radius 2 is 1.32 bits per heavy atom. The summed E-state index contributed by atoms with van der Waals surface area (Å²) < 4.78 is 37.1. The molecule has 53 heavy (non-hydrogen) atoms. The number of aliphatic hydroxyl groups is 2. The van der Waals surface area contributed by atoms with Gasteiger partial charge in [0.15, 0.2) is 5.60 Å². The summed E-state index contributed by atoms with van der Waals surface area (Å²) in [7, 11) is 0. The van der Waals surface area contributed by atoms with Crippen molar-refractivity contribution in [2.24, 2.45) is 16.7 Å². The van der Waals surface area contributed by atoms with E-state index in [1.54, 1.807) is 62.4 Å². The van der Waals surface area contributed by atoms with Crippen molar-refractivity contribution in [1.82, 2.24) is 0 Å². The van der Waals surface area contributed by atoms with Gasteiger partial charge in [0.25, 0.3) is 0 Å². The van der Waals surface area contributed by atoms with E-state index in [0.717, 1.165) is 0 Å². The number of esters is 5. The fourth-order valence-electron chi connectivity index (χ4n) is 9.60. The predicted octanol–water partition coefficient (Wildman–Crippen LogP) is 3.88. The van der Waals surface area contributed by atoms with E-state index < -0.39 is 94.4 Å². The van der Waals surface area contributed by atoms with Gasteiger partial charge in [-0.15, -0.1) is 0 Å². The third kappa shape index (κ3) is 6.12. The van der Waals surface area contributed by atoms with E-state index in [-0.39, 0.29) is 36.1 Å². The van der Waals surface area contributed by atoms with Crippen LogP contribution < -0.4 is 0 Å². The van der Waals surface area contributed by atoms with Crippen LogP contribution in [0.3, 0.4) is 0 Å². The molecule has 6 rings (SSSR count). The second-order valence-corrected chi connectivity index (χ2v) is 15.3. The largest absolute Gasteiger partial charge is 0.462 e. The highest BCUT2D eigenvalue weighted by Crippen LogP contribution is 2.68. The molecule has 13 heteroatoms. The smallest absolute Gasteiger partial charge is 0.338 e. The number of hydrogen-bond donors (Lipinski definition) is 2. The Balaban J connectivity index is 1.71. The molecule has 2 N–H and O–H groups in total. The molecule has 0 aromatic heterocycles. The summed E-state index contributed by atoms with van der Waals surface area (Å²) in [6, 6.07) is 16.2. The first-order chi connectivity index (χ1) is 24.9. The molecule has 0 radical (unpaired) electrons. The van der Waals surface area contributed by atoms with Crippen LogP contribution >= 0.6 is 0 Å². The quantitative estimate of drug-likeness (QED) is 0.227. The summed E-state index contributed by atoms with van der Waals surface area (Å²) in [5.74, 6) is -4.96. The van der Waals surface area contributed by atoms with Crippen molar-refractivity contribution in [3.63, 3.8) is 0 Å². The molecule has 1 heterocycles. The van der Waals surface area contributed by atoms with Crippen LogP contribution in [0, 0.1) is 16.7 Å². The van der Waals surface area contributed by atoms with Gasteiger partial charge in [0, 0.05) is 33.6 Å². The van der Waals surface area contributed by atoms with E-state index >= 15 is 0 Å². The first-order valence-electron chi connectivity index (χ1n) is 17.7. The maximum atomic E-state index is 14.3. The zero-order valence-electron chi connectivity index (χ0n) is 30.8. The molecule has 0 bridgehead atoms. The molecule has 0 spiro atoms. The minimum atomic E-state index is -1.88. The molecule has 0 amide bonds. The third-order valence-electron chi connectivity index (χ3n) is 11.8. The molecule has 0 unspecified atom stereocenters. The van der Waals surface area contributed by atoms with Gasteiger partial charge >= 0.3 is 29.8 Å². The van der Waals surface area contributed by atoms with E-state index in [1.807, 2.05) is 0 Å². The number of aliphatic hydroxyl groups excluding tert-OH is 1. The summed E-state index contributed by atoms with van der Waals surface area (Å²) in [6.45, 7) is 9.69. The molecule has 1 saturated heterocycles. The number of hydrogen-bond acceptors (Lipinski definition) is 13. The predicted molar refractivity (Wildman–Crippen MR) is 185 cm³/mol. The van der Waals surface area contributed by atoms with Gasteiger partial charge in [0.05, 0.1) is 40.1 Å². The van der Waals surface area contributed by atoms with Crippen molar-refractivity contribution in [3.05, 3.63) is 82.9 Å². The maximum Gasteiger partial charge on any atom is 0.338 e. The van der Waals surface area contributed by atoms with Crippen LogP contribution in [0.25, 0.3) is 0 Å². The zero-order chi connectivity index (χ0) is 38.7. The van der Waals surface area contributed by atoms with Crippen molar-refractivity contribution in [1.29, 1.82) is 0 Å². The molecular formula is C40H46O13. The van der Waals surface area contributed by atoms with Gasteiger partial charge < -0.3 is 38.6 Å². The molecule has 2 aromatic rings. The Morgan fingerprint density at radius 1 is 0.792 bits per heavy atom. The number of ether oxygens (including phenoxy) is 6. The van der Waals surface area contributed by atoms with Gasteiger partial charge in [-0.25, -0.2) is 9.59 Å². The van der Waals surface area contributed by atoms with Gasteiger partial charge in [-0.3, -0.25) is 14.4 Å². The van der Waals surface area contributed by atoms with Crippen molar-refractivity contribution < 1.29 is 62.6 Å². The van der Waals surface area contributed by atoms with Crippen LogP contribution in [0.1, 0.15) is 82.0 Å². The molecule has 2 aromatic carbocycles. The zero-order valence-corrected chi connectivity index (χ0v) is 30.8. The number of fused-ring (bicyclic) bond motifs is 4. The van der Waals surface area contributed by atoms with E-state index in [4.69, 9.17) is 28.4 Å². The molecular weight excluding hydrogens is 688 g/mol. The molecule has 1 aliphatic heterocycles. The summed E-state index contributed by atoms with van der Waals surface area (Å²) >= 11 is 0. The van der Waals surface area contributed by atoms with Crippen molar-refractivity contribution in [2.75, 3.05) is 6.61 Å². The SMILES string of the molecule is CC(=O)O[C@H]1C[C@]2(C(C)(C)O)C(=C1C)[C@@H](O)[C@H](OC(=O)c1ccccc1)[C@]1(C)[C@H](OC(C)=O)C[C@H]3OC[C@@]3(OC(C)=O)[C@@H]1[C@H]2OC(=O)c1ccccc1. The van der Waals surface area contributed by atoms with E-state index in [1.165, 1.54) is 46.8 Å². The van der Waals surface area contributed by atoms with Gasteiger partial charge in [0.2, 0.25) is 0 Å². The Bertz CT molecular complexity index is 1820. The lowest BCUT2D eigenvalue weighted by molar-refractivity contribution is -0.351. The van der Waals surface area contributed by atoms with E-state index in [9.17, 15) is 34.2 Å². The van der Waals surface area contributed by atoms with E-state index in [2.05, 4.69) is 0 Å². The van der Waals surface area contributed by atoms with E-state index in [0.29, 0.717) is 5.57 Å². The number of carbonyl (C=O) groups is 5. The number of rotatable bonds is 8. The van der Waals surface area contributed by atoms with Crippen molar-refractivity contribution in [2.45, 2.75) is 109 Å². The Kier molecular flexibility index (Phi) is 9.84. The number of benzene rings is 2. The molecule has 10 atom stereocenters. The lowest BCUT2D eigenvalue weighted by Crippen LogP contribution is -2.79. The van der Waals surface area contributed by atoms with Gasteiger partial charge in [-0.1, -0.05) is 43.3 Å². The first kappa shape index (κ1) is 38.1. The second-order valence-electron chi connectivity index (χ2n) is 15.3. The highest BCUT2D eigenvalue weighted by molar-refractivity contribution is 5.90. The van der Waals surface area contributed by atoms with Crippen molar-refractivity contribution in [3.8, 4) is 0 Å². The monoisotopic (exact) mass is 734 g/mol. The molecule has 13 nitrogen and oxygen atoms in total. The lowest BCUT2D eigenvalue weighted by atomic mass is 9.49. The second kappa shape index (κ2) is 13.7. The van der Waals surface area contributed by atoms with Gasteiger partial charge in [-0.05, 0) is 56.2 Å². The molecule has 2 saturated carbocycles. The topological polar surface area (TPSA) is 181 Å². The van der Waals surface area contributed by atoms with Crippen molar-refractivity contribution >= 4 is 29.8 Å². The molecule has 4 aliphatic rings. The summed E-state index contributed by atoms with van der Waals surface area (Å²) in [5.41, 5.74) is -6.25. The van der Waals surface area contributed by atoms with Crippen LogP contribution in [-0.2, 0) is 42.8 Å². The van der Waals surface area contributed by atoms with Gasteiger partial charge in [-0.2, -0.15) is 0 Å². The normalized spacial score (nSPS) is 34.5. The minimum absolute atomic E-state index is 0.0467. The summed E-state index contributed by atoms with van der Waals surface area (Å²) in [5, 5.41) is 25.4. The van der Waals surface area contributed by atoms with Crippen LogP contribution in [0.4, 0.5) is 0 Å². The molecule has 3 fully saturated rings.